The Balaban J connectivity index is 1.72. The normalized spacial score (nSPS) is 17.0. The Kier molecular flexibility index (Phi) is 5.62. The maximum Gasteiger partial charge on any atom is 0.0471 e. The minimum absolute atomic E-state index is 0.410. The largest absolute Gasteiger partial charge is 0.381 e. The van der Waals surface area contributed by atoms with Gasteiger partial charge in [0.15, 0.2) is 0 Å². The van der Waals surface area contributed by atoms with Gasteiger partial charge in [0.25, 0.3) is 0 Å². The summed E-state index contributed by atoms with van der Waals surface area (Å²) < 4.78 is 5.60. The molecule has 0 spiro atoms. The molecule has 0 unspecified atom stereocenters. The van der Waals surface area contributed by atoms with Crippen LogP contribution in [0.4, 0.5) is 0 Å². The molecule has 0 aromatic heterocycles. The number of nitrogens with one attached hydrogen (secondary N) is 1. The predicted octanol–water partition coefficient (Wildman–Crippen LogP) is 2.97. The molecule has 0 atom stereocenters. The third-order valence-corrected chi connectivity index (χ3v) is 2.72. The van der Waals surface area contributed by atoms with Gasteiger partial charge in [0, 0.05) is 19.3 Å². The topological polar surface area (TPSA) is 21.3 Å². The van der Waals surface area contributed by atoms with Crippen molar-refractivity contribution >= 4 is 0 Å². The molecule has 1 saturated carbocycles. The van der Waals surface area contributed by atoms with Crippen LogP contribution in [0.25, 0.3) is 0 Å². The van der Waals surface area contributed by atoms with Gasteiger partial charge in [0.05, 0.1) is 0 Å². The van der Waals surface area contributed by atoms with E-state index in [0.29, 0.717) is 5.41 Å². The van der Waals surface area contributed by atoms with E-state index in [1.165, 1.54) is 32.2 Å². The smallest absolute Gasteiger partial charge is 0.0471 e. The molecule has 1 N–H and O–H groups in total. The molecule has 90 valence electrons. The van der Waals surface area contributed by atoms with Crippen molar-refractivity contribution in [3.05, 3.63) is 0 Å². The molecule has 1 aliphatic carbocycles. The van der Waals surface area contributed by atoms with Crippen LogP contribution < -0.4 is 5.32 Å². The molecular weight excluding hydrogens is 186 g/mol. The lowest BCUT2D eigenvalue weighted by Crippen LogP contribution is -2.18. The molecule has 1 fully saturated rings. The summed E-state index contributed by atoms with van der Waals surface area (Å²) in [6.07, 6.45) is 6.40. The highest BCUT2D eigenvalue weighted by Gasteiger charge is 2.19. The molecule has 0 aromatic rings. The fourth-order valence-corrected chi connectivity index (χ4v) is 1.40. The molecule has 0 heterocycles. The summed E-state index contributed by atoms with van der Waals surface area (Å²) in [5.41, 5.74) is 0.410. The van der Waals surface area contributed by atoms with E-state index in [9.17, 15) is 0 Å². The van der Waals surface area contributed by atoms with E-state index in [0.717, 1.165) is 25.7 Å². The van der Waals surface area contributed by atoms with Gasteiger partial charge in [-0.05, 0) is 44.1 Å². The molecule has 0 bridgehead atoms. The van der Waals surface area contributed by atoms with Gasteiger partial charge in [-0.2, -0.15) is 0 Å². The fourth-order valence-electron chi connectivity index (χ4n) is 1.40. The first-order valence-electron chi connectivity index (χ1n) is 6.39. The summed E-state index contributed by atoms with van der Waals surface area (Å²) in [7, 11) is 0. The second-order valence-corrected chi connectivity index (χ2v) is 5.86. The molecule has 0 aliphatic heterocycles. The molecule has 1 rings (SSSR count). The number of ether oxygens (including phenoxy) is 1. The standard InChI is InChI=1S/C13H27NO/c1-13(2,3)8-11-15-10-5-4-9-14-12-6-7-12/h12,14H,4-11H2,1-3H3. The van der Waals surface area contributed by atoms with Gasteiger partial charge in [-0.15, -0.1) is 0 Å². The maximum absolute atomic E-state index is 5.60. The van der Waals surface area contributed by atoms with Crippen molar-refractivity contribution in [1.29, 1.82) is 0 Å². The van der Waals surface area contributed by atoms with Crippen LogP contribution >= 0.6 is 0 Å². The summed E-state index contributed by atoms with van der Waals surface area (Å²) in [4.78, 5) is 0. The van der Waals surface area contributed by atoms with Crippen LogP contribution in [0, 0.1) is 5.41 Å². The van der Waals surface area contributed by atoms with Crippen molar-refractivity contribution in [2.75, 3.05) is 19.8 Å². The first-order valence-corrected chi connectivity index (χ1v) is 6.39. The first-order chi connectivity index (χ1) is 7.08. The Labute approximate surface area is 94.8 Å². The lowest BCUT2D eigenvalue weighted by molar-refractivity contribution is 0.105. The van der Waals surface area contributed by atoms with Gasteiger partial charge in [-0.1, -0.05) is 20.8 Å². The first kappa shape index (κ1) is 13.0. The van der Waals surface area contributed by atoms with Crippen molar-refractivity contribution in [3.63, 3.8) is 0 Å². The third kappa shape index (κ3) is 8.88. The lowest BCUT2D eigenvalue weighted by atomic mass is 9.93. The van der Waals surface area contributed by atoms with Crippen LogP contribution in [-0.4, -0.2) is 25.8 Å². The average molecular weight is 213 g/mol. The van der Waals surface area contributed by atoms with Crippen LogP contribution in [0.3, 0.4) is 0 Å². The predicted molar refractivity (Wildman–Crippen MR) is 65.1 cm³/mol. The van der Waals surface area contributed by atoms with E-state index in [1.54, 1.807) is 0 Å². The average Bonchev–Trinajstić information content (AvgIpc) is 2.91. The Bertz CT molecular complexity index is 158. The van der Waals surface area contributed by atoms with Crippen molar-refractivity contribution in [3.8, 4) is 0 Å². The maximum atomic E-state index is 5.60. The molecular formula is C13H27NO. The lowest BCUT2D eigenvalue weighted by Gasteiger charge is -2.17. The van der Waals surface area contributed by atoms with Gasteiger partial charge in [-0.3, -0.25) is 0 Å². The number of rotatable bonds is 8. The molecule has 1 aliphatic rings. The van der Waals surface area contributed by atoms with E-state index >= 15 is 0 Å². The highest BCUT2D eigenvalue weighted by Crippen LogP contribution is 2.18. The van der Waals surface area contributed by atoms with Crippen molar-refractivity contribution < 1.29 is 4.74 Å². The van der Waals surface area contributed by atoms with Gasteiger partial charge in [0.2, 0.25) is 0 Å². The molecule has 2 nitrogen and oxygen atoms in total. The monoisotopic (exact) mass is 213 g/mol. The minimum atomic E-state index is 0.410. The van der Waals surface area contributed by atoms with Crippen LogP contribution in [0.15, 0.2) is 0 Å². The number of unbranched alkanes of at least 4 members (excludes halogenated alkanes) is 1. The van der Waals surface area contributed by atoms with Crippen LogP contribution in [0.5, 0.6) is 0 Å². The Morgan fingerprint density at radius 3 is 2.47 bits per heavy atom. The second-order valence-electron chi connectivity index (χ2n) is 5.86. The summed E-state index contributed by atoms with van der Waals surface area (Å²) in [6.45, 7) is 9.80. The van der Waals surface area contributed by atoms with E-state index in [1.807, 2.05) is 0 Å². The van der Waals surface area contributed by atoms with E-state index in [4.69, 9.17) is 4.74 Å². The molecule has 0 aromatic carbocycles. The summed E-state index contributed by atoms with van der Waals surface area (Å²) >= 11 is 0. The van der Waals surface area contributed by atoms with Gasteiger partial charge >= 0.3 is 0 Å². The Morgan fingerprint density at radius 2 is 1.87 bits per heavy atom. The highest BCUT2D eigenvalue weighted by atomic mass is 16.5. The molecule has 15 heavy (non-hydrogen) atoms. The zero-order chi connectivity index (χ0) is 11.1. The SMILES string of the molecule is CC(C)(C)CCOCCCCNC1CC1. The van der Waals surface area contributed by atoms with Crippen molar-refractivity contribution in [2.45, 2.75) is 58.9 Å². The highest BCUT2D eigenvalue weighted by molar-refractivity contribution is 4.80. The van der Waals surface area contributed by atoms with E-state index in [2.05, 4.69) is 26.1 Å². The third-order valence-electron chi connectivity index (χ3n) is 2.72. The summed E-state index contributed by atoms with van der Waals surface area (Å²) in [5.74, 6) is 0. The zero-order valence-corrected chi connectivity index (χ0v) is 10.6. The Hall–Kier alpha value is -0.0800. The van der Waals surface area contributed by atoms with E-state index < -0.39 is 0 Å². The number of hydrogen-bond acceptors (Lipinski definition) is 2. The molecule has 0 radical (unpaired) electrons. The summed E-state index contributed by atoms with van der Waals surface area (Å²) in [6, 6.07) is 0.854. The van der Waals surface area contributed by atoms with Crippen molar-refractivity contribution in [2.24, 2.45) is 5.41 Å². The van der Waals surface area contributed by atoms with E-state index in [-0.39, 0.29) is 0 Å². The van der Waals surface area contributed by atoms with Gasteiger partial charge in [0.1, 0.15) is 0 Å². The minimum Gasteiger partial charge on any atom is -0.381 e. The quantitative estimate of drug-likeness (QED) is 0.626. The molecule has 0 amide bonds. The second kappa shape index (κ2) is 6.49. The summed E-state index contributed by atoms with van der Waals surface area (Å²) in [5, 5.41) is 3.52. The van der Waals surface area contributed by atoms with Gasteiger partial charge in [-0.25, -0.2) is 0 Å². The Morgan fingerprint density at radius 1 is 1.13 bits per heavy atom. The van der Waals surface area contributed by atoms with Crippen LogP contribution in [0.1, 0.15) is 52.9 Å². The zero-order valence-electron chi connectivity index (χ0n) is 10.6. The molecule has 0 saturated heterocycles. The van der Waals surface area contributed by atoms with Crippen molar-refractivity contribution in [1.82, 2.24) is 5.32 Å². The van der Waals surface area contributed by atoms with Crippen LogP contribution in [0.2, 0.25) is 0 Å². The fraction of sp³-hybridized carbons (Fsp3) is 1.00. The van der Waals surface area contributed by atoms with Gasteiger partial charge < -0.3 is 10.1 Å². The van der Waals surface area contributed by atoms with Crippen LogP contribution in [-0.2, 0) is 4.74 Å². The molecule has 2 heteroatoms. The number of hydrogen-bond donors (Lipinski definition) is 1.